The van der Waals surface area contributed by atoms with Gasteiger partial charge in [-0.25, -0.2) is 4.98 Å². The van der Waals surface area contributed by atoms with Crippen molar-refractivity contribution >= 4 is 5.91 Å². The molecule has 0 aliphatic carbocycles. The van der Waals surface area contributed by atoms with Gasteiger partial charge in [0.1, 0.15) is 5.82 Å². The quantitative estimate of drug-likeness (QED) is 0.853. The molecule has 2 aliphatic heterocycles. The second-order valence-corrected chi connectivity index (χ2v) is 7.00. The van der Waals surface area contributed by atoms with E-state index in [4.69, 9.17) is 0 Å². The van der Waals surface area contributed by atoms with Gasteiger partial charge < -0.3 is 15.2 Å². The molecule has 7 nitrogen and oxygen atoms in total. The third-order valence-corrected chi connectivity index (χ3v) is 5.24. The van der Waals surface area contributed by atoms with E-state index in [9.17, 15) is 9.59 Å². The summed E-state index contributed by atoms with van der Waals surface area (Å²) in [7, 11) is 0. The summed E-state index contributed by atoms with van der Waals surface area (Å²) >= 11 is 0. The highest BCUT2D eigenvalue weighted by atomic mass is 16.2. The van der Waals surface area contributed by atoms with E-state index in [0.717, 1.165) is 38.0 Å². The third-order valence-electron chi connectivity index (χ3n) is 5.24. The van der Waals surface area contributed by atoms with Gasteiger partial charge in [0.2, 0.25) is 5.91 Å². The second-order valence-electron chi connectivity index (χ2n) is 7.00. The van der Waals surface area contributed by atoms with Crippen LogP contribution >= 0.6 is 0 Å². The molecule has 0 radical (unpaired) electrons. The molecule has 2 aromatic heterocycles. The van der Waals surface area contributed by atoms with Gasteiger partial charge in [-0.2, -0.15) is 0 Å². The molecule has 0 aromatic carbocycles. The lowest BCUT2D eigenvalue weighted by Crippen LogP contribution is -2.48. The number of carbonyl (C=O) groups is 1. The van der Waals surface area contributed by atoms with Crippen molar-refractivity contribution in [2.45, 2.75) is 31.7 Å². The van der Waals surface area contributed by atoms with Crippen molar-refractivity contribution in [1.82, 2.24) is 25.2 Å². The van der Waals surface area contributed by atoms with E-state index in [0.29, 0.717) is 17.1 Å². The van der Waals surface area contributed by atoms with E-state index in [1.807, 2.05) is 6.07 Å². The van der Waals surface area contributed by atoms with E-state index < -0.39 is 0 Å². The maximum atomic E-state index is 12.5. The number of hydrogen-bond donors (Lipinski definition) is 2. The number of aromatic amines is 1. The van der Waals surface area contributed by atoms with Crippen LogP contribution in [0.25, 0.3) is 11.4 Å². The van der Waals surface area contributed by atoms with Crippen molar-refractivity contribution in [3.05, 3.63) is 46.1 Å². The molecular formula is C18H21N5O2. The molecular weight excluding hydrogens is 318 g/mol. The average Bonchev–Trinajstić information content (AvgIpc) is 3.19. The van der Waals surface area contributed by atoms with Crippen LogP contribution in [0.1, 0.15) is 24.1 Å². The Balaban J connectivity index is 1.53. The Morgan fingerprint density at radius 2 is 2.20 bits per heavy atom. The third kappa shape index (κ3) is 3.07. The van der Waals surface area contributed by atoms with Gasteiger partial charge in [-0.1, -0.05) is 0 Å². The van der Waals surface area contributed by atoms with E-state index in [1.54, 1.807) is 25.4 Å². The van der Waals surface area contributed by atoms with Gasteiger partial charge >= 0.3 is 0 Å². The molecule has 4 heterocycles. The zero-order chi connectivity index (χ0) is 17.4. The molecule has 4 rings (SSSR count). The molecule has 2 N–H and O–H groups in total. The predicted octanol–water partition coefficient (Wildman–Crippen LogP) is 0.647. The van der Waals surface area contributed by atoms with E-state index >= 15 is 0 Å². The van der Waals surface area contributed by atoms with Crippen molar-refractivity contribution in [2.24, 2.45) is 0 Å². The van der Waals surface area contributed by atoms with Crippen molar-refractivity contribution < 1.29 is 4.79 Å². The predicted molar refractivity (Wildman–Crippen MR) is 93.1 cm³/mol. The summed E-state index contributed by atoms with van der Waals surface area (Å²) in [5, 5.41) is 3.16. The Morgan fingerprint density at radius 3 is 2.80 bits per heavy atom. The van der Waals surface area contributed by atoms with Crippen LogP contribution in [0, 0.1) is 6.92 Å². The van der Waals surface area contributed by atoms with Crippen LogP contribution in [0.5, 0.6) is 0 Å². The van der Waals surface area contributed by atoms with Crippen LogP contribution in [-0.2, 0) is 11.2 Å². The fraction of sp³-hybridized carbons (Fsp3) is 0.444. The van der Waals surface area contributed by atoms with Crippen LogP contribution in [0.15, 0.2) is 29.3 Å². The van der Waals surface area contributed by atoms with Crippen LogP contribution in [0.3, 0.4) is 0 Å². The minimum atomic E-state index is -0.265. The van der Waals surface area contributed by atoms with Crippen LogP contribution < -0.4 is 10.9 Å². The Hall–Kier alpha value is -2.54. The average molecular weight is 339 g/mol. The summed E-state index contributed by atoms with van der Waals surface area (Å²) in [4.78, 5) is 38.6. The number of fused-ring (bicyclic) bond motifs is 2. The molecule has 2 fully saturated rings. The highest BCUT2D eigenvalue weighted by molar-refractivity contribution is 5.79. The van der Waals surface area contributed by atoms with Crippen LogP contribution in [-0.4, -0.2) is 50.9 Å². The fourth-order valence-electron chi connectivity index (χ4n) is 3.85. The number of rotatable bonds is 4. The molecule has 2 bridgehead atoms. The number of nitrogens with one attached hydrogen (secondary N) is 2. The summed E-state index contributed by atoms with van der Waals surface area (Å²) in [6, 6.07) is 3.63. The standard InChI is InChI=1S/C18H21N5O2/c1-12-14(9-15(24)22-18-4-7-23(11-18)8-5-18)17(25)21-16(20-12)13-3-2-6-19-10-13/h2-3,6,10H,4-5,7-9,11H2,1H3,(H,22,24)(H,20,21,25). The SMILES string of the molecule is Cc1nc(-c2cccnc2)[nH]c(=O)c1CC(=O)NC12CCN(CC1)C2. The van der Waals surface area contributed by atoms with E-state index in [2.05, 4.69) is 25.2 Å². The first-order valence-electron chi connectivity index (χ1n) is 8.58. The molecule has 130 valence electrons. The monoisotopic (exact) mass is 339 g/mol. The number of aromatic nitrogens is 3. The Bertz CT molecular complexity index is 854. The van der Waals surface area contributed by atoms with Gasteiger partial charge in [0, 0.05) is 48.8 Å². The molecule has 7 heteroatoms. The highest BCUT2D eigenvalue weighted by Gasteiger charge is 2.44. The number of aryl methyl sites for hydroxylation is 1. The Labute approximate surface area is 145 Å². The number of piperidine rings is 1. The minimum absolute atomic E-state index is 0.0588. The molecule has 0 saturated carbocycles. The van der Waals surface area contributed by atoms with E-state index in [-0.39, 0.29) is 23.4 Å². The molecule has 0 spiro atoms. The van der Waals surface area contributed by atoms with Gasteiger partial charge in [-0.15, -0.1) is 0 Å². The first-order chi connectivity index (χ1) is 12.0. The minimum Gasteiger partial charge on any atom is -0.349 e. The number of hydrogen-bond acceptors (Lipinski definition) is 5. The van der Waals surface area contributed by atoms with Crippen molar-refractivity contribution in [2.75, 3.05) is 19.6 Å². The number of nitrogens with zero attached hydrogens (tertiary/aromatic N) is 3. The Morgan fingerprint density at radius 1 is 1.40 bits per heavy atom. The summed E-state index contributed by atoms with van der Waals surface area (Å²) < 4.78 is 0. The van der Waals surface area contributed by atoms with Crippen molar-refractivity contribution in [3.8, 4) is 11.4 Å². The first kappa shape index (κ1) is 16.0. The first-order valence-corrected chi connectivity index (χ1v) is 8.58. The summed E-state index contributed by atoms with van der Waals surface area (Å²) in [6.07, 6.45) is 5.36. The lowest BCUT2D eigenvalue weighted by Gasteiger charge is -2.26. The topological polar surface area (TPSA) is 91.0 Å². The number of pyridine rings is 1. The maximum Gasteiger partial charge on any atom is 0.255 e. The molecule has 0 unspecified atom stereocenters. The summed E-state index contributed by atoms with van der Waals surface area (Å²) in [5.41, 5.74) is 1.39. The molecule has 2 saturated heterocycles. The number of amides is 1. The van der Waals surface area contributed by atoms with Crippen molar-refractivity contribution in [3.63, 3.8) is 0 Å². The van der Waals surface area contributed by atoms with Gasteiger partial charge in [-0.3, -0.25) is 14.6 Å². The zero-order valence-corrected chi connectivity index (χ0v) is 14.2. The number of H-pyrrole nitrogens is 1. The summed E-state index contributed by atoms with van der Waals surface area (Å²) in [6.45, 7) is 4.78. The molecule has 2 aromatic rings. The van der Waals surface area contributed by atoms with Gasteiger partial charge in [-0.05, 0) is 31.9 Å². The van der Waals surface area contributed by atoms with Crippen LogP contribution in [0.2, 0.25) is 0 Å². The molecule has 0 atom stereocenters. The van der Waals surface area contributed by atoms with E-state index in [1.165, 1.54) is 0 Å². The lowest BCUT2D eigenvalue weighted by atomic mass is 9.95. The largest absolute Gasteiger partial charge is 0.349 e. The highest BCUT2D eigenvalue weighted by Crippen LogP contribution is 2.32. The van der Waals surface area contributed by atoms with Crippen molar-refractivity contribution in [1.29, 1.82) is 0 Å². The van der Waals surface area contributed by atoms with Crippen LogP contribution in [0.4, 0.5) is 0 Å². The molecule has 25 heavy (non-hydrogen) atoms. The fourth-order valence-corrected chi connectivity index (χ4v) is 3.85. The smallest absolute Gasteiger partial charge is 0.255 e. The van der Waals surface area contributed by atoms with Gasteiger partial charge in [0.05, 0.1) is 12.0 Å². The van der Waals surface area contributed by atoms with Gasteiger partial charge in [0.25, 0.3) is 5.56 Å². The lowest BCUT2D eigenvalue weighted by molar-refractivity contribution is -0.122. The normalized spacial score (nSPS) is 24.4. The zero-order valence-electron chi connectivity index (χ0n) is 14.2. The van der Waals surface area contributed by atoms with Gasteiger partial charge in [0.15, 0.2) is 0 Å². The second kappa shape index (κ2) is 6.07. The molecule has 1 amide bonds. The number of carbonyl (C=O) groups excluding carboxylic acids is 1. The Kier molecular flexibility index (Phi) is 3.88. The summed E-state index contributed by atoms with van der Waals surface area (Å²) in [5.74, 6) is 0.369. The maximum absolute atomic E-state index is 12.5. The molecule has 2 aliphatic rings.